The maximum atomic E-state index is 13.6. The van der Waals surface area contributed by atoms with E-state index in [2.05, 4.69) is 29.5 Å². The average molecular weight is 466 g/mol. The SMILES string of the molecule is CC(C)CCNC(=O)C(c1cccs1)N(Cc1ccco1)C(=O)Cn1nnc2ccccc21. The predicted molar refractivity (Wildman–Crippen MR) is 126 cm³/mol. The number of carbonyl (C=O) groups excluding carboxylic acids is 2. The Bertz CT molecular complexity index is 1180. The van der Waals surface area contributed by atoms with Gasteiger partial charge in [-0.25, -0.2) is 4.68 Å². The number of rotatable bonds is 10. The second kappa shape index (κ2) is 10.4. The molecule has 4 rings (SSSR count). The van der Waals surface area contributed by atoms with Crippen molar-refractivity contribution in [1.82, 2.24) is 25.2 Å². The molecule has 0 fully saturated rings. The number of carbonyl (C=O) groups is 2. The summed E-state index contributed by atoms with van der Waals surface area (Å²) in [7, 11) is 0. The van der Waals surface area contributed by atoms with Crippen LogP contribution < -0.4 is 5.32 Å². The highest BCUT2D eigenvalue weighted by molar-refractivity contribution is 7.10. The van der Waals surface area contributed by atoms with Crippen molar-refractivity contribution >= 4 is 34.2 Å². The van der Waals surface area contributed by atoms with E-state index in [1.807, 2.05) is 41.8 Å². The molecule has 4 aromatic rings. The fourth-order valence-electron chi connectivity index (χ4n) is 3.60. The highest BCUT2D eigenvalue weighted by Gasteiger charge is 2.33. The number of furan rings is 1. The molecule has 3 aromatic heterocycles. The zero-order valence-electron chi connectivity index (χ0n) is 18.7. The fourth-order valence-corrected chi connectivity index (χ4v) is 4.43. The van der Waals surface area contributed by atoms with Crippen molar-refractivity contribution in [3.63, 3.8) is 0 Å². The first-order chi connectivity index (χ1) is 16.0. The number of para-hydroxylation sites is 1. The first-order valence-corrected chi connectivity index (χ1v) is 11.8. The minimum Gasteiger partial charge on any atom is -0.467 e. The number of hydrogen-bond donors (Lipinski definition) is 1. The number of amides is 2. The molecular weight excluding hydrogens is 438 g/mol. The summed E-state index contributed by atoms with van der Waals surface area (Å²) in [5, 5.41) is 13.2. The van der Waals surface area contributed by atoms with Gasteiger partial charge in [-0.2, -0.15) is 0 Å². The summed E-state index contributed by atoms with van der Waals surface area (Å²) in [4.78, 5) is 29.3. The summed E-state index contributed by atoms with van der Waals surface area (Å²) in [5.41, 5.74) is 1.47. The molecule has 0 saturated heterocycles. The molecule has 0 radical (unpaired) electrons. The Balaban J connectivity index is 1.64. The Labute approximate surface area is 196 Å². The summed E-state index contributed by atoms with van der Waals surface area (Å²) in [6.45, 7) is 4.89. The minimum absolute atomic E-state index is 0.0393. The van der Waals surface area contributed by atoms with E-state index in [1.54, 1.807) is 28.0 Å². The molecule has 33 heavy (non-hydrogen) atoms. The lowest BCUT2D eigenvalue weighted by Gasteiger charge is -2.30. The Morgan fingerprint density at radius 2 is 2.00 bits per heavy atom. The minimum atomic E-state index is -0.774. The molecule has 0 bridgehead atoms. The van der Waals surface area contributed by atoms with Crippen LogP contribution in [0.4, 0.5) is 0 Å². The molecule has 0 spiro atoms. The third-order valence-corrected chi connectivity index (χ3v) is 6.25. The smallest absolute Gasteiger partial charge is 0.248 e. The monoisotopic (exact) mass is 465 g/mol. The lowest BCUT2D eigenvalue weighted by atomic mass is 10.1. The highest BCUT2D eigenvalue weighted by atomic mass is 32.1. The maximum Gasteiger partial charge on any atom is 0.248 e. The first-order valence-electron chi connectivity index (χ1n) is 10.9. The lowest BCUT2D eigenvalue weighted by molar-refractivity contribution is -0.142. The standard InChI is InChI=1S/C24H27N5O3S/c1-17(2)11-12-25-24(31)23(21-10-6-14-33-21)28(15-18-7-5-13-32-18)22(30)16-29-20-9-4-3-8-19(20)26-27-29/h3-10,13-14,17,23H,11-12,15-16H2,1-2H3,(H,25,31). The average Bonchev–Trinajstić information content (AvgIpc) is 3.56. The van der Waals surface area contributed by atoms with Gasteiger partial charge in [-0.15, -0.1) is 16.4 Å². The molecule has 172 valence electrons. The molecule has 1 N–H and O–H groups in total. The van der Waals surface area contributed by atoms with Gasteiger partial charge in [0.05, 0.1) is 18.3 Å². The Kier molecular flexibility index (Phi) is 7.19. The van der Waals surface area contributed by atoms with E-state index >= 15 is 0 Å². The van der Waals surface area contributed by atoms with E-state index in [-0.39, 0.29) is 24.9 Å². The summed E-state index contributed by atoms with van der Waals surface area (Å²) in [6, 6.07) is 14.0. The number of fused-ring (bicyclic) bond motifs is 1. The normalized spacial score (nSPS) is 12.2. The van der Waals surface area contributed by atoms with E-state index in [0.717, 1.165) is 16.8 Å². The molecular formula is C24H27N5O3S. The molecule has 0 aliphatic heterocycles. The van der Waals surface area contributed by atoms with E-state index in [1.165, 1.54) is 11.3 Å². The molecule has 1 aromatic carbocycles. The number of thiophene rings is 1. The lowest BCUT2D eigenvalue weighted by Crippen LogP contribution is -2.44. The van der Waals surface area contributed by atoms with Gasteiger partial charge in [-0.3, -0.25) is 9.59 Å². The number of nitrogens with one attached hydrogen (secondary N) is 1. The summed E-state index contributed by atoms with van der Waals surface area (Å²) < 4.78 is 7.09. The molecule has 8 nitrogen and oxygen atoms in total. The van der Waals surface area contributed by atoms with Crippen molar-refractivity contribution in [1.29, 1.82) is 0 Å². The molecule has 1 atom stereocenters. The van der Waals surface area contributed by atoms with Crippen LogP contribution in [0.25, 0.3) is 11.0 Å². The van der Waals surface area contributed by atoms with Crippen LogP contribution in [0.5, 0.6) is 0 Å². The third kappa shape index (κ3) is 5.48. The summed E-state index contributed by atoms with van der Waals surface area (Å²) in [5.74, 6) is 0.608. The van der Waals surface area contributed by atoms with Gasteiger partial charge in [0.25, 0.3) is 0 Å². The molecule has 9 heteroatoms. The summed E-state index contributed by atoms with van der Waals surface area (Å²) >= 11 is 1.45. The second-order valence-corrected chi connectivity index (χ2v) is 9.21. The molecule has 1 unspecified atom stereocenters. The maximum absolute atomic E-state index is 13.6. The van der Waals surface area contributed by atoms with Crippen LogP contribution in [0.2, 0.25) is 0 Å². The van der Waals surface area contributed by atoms with Crippen LogP contribution in [-0.2, 0) is 22.7 Å². The Morgan fingerprint density at radius 3 is 2.73 bits per heavy atom. The quantitative estimate of drug-likeness (QED) is 0.382. The van der Waals surface area contributed by atoms with Crippen LogP contribution in [-0.4, -0.2) is 38.3 Å². The largest absolute Gasteiger partial charge is 0.467 e. The highest BCUT2D eigenvalue weighted by Crippen LogP contribution is 2.28. The van der Waals surface area contributed by atoms with Crippen molar-refractivity contribution in [2.45, 2.75) is 39.4 Å². The molecule has 3 heterocycles. The van der Waals surface area contributed by atoms with Crippen molar-refractivity contribution in [3.8, 4) is 0 Å². The van der Waals surface area contributed by atoms with Crippen molar-refractivity contribution in [3.05, 3.63) is 70.8 Å². The van der Waals surface area contributed by atoms with E-state index < -0.39 is 6.04 Å². The zero-order chi connectivity index (χ0) is 23.2. The number of benzene rings is 1. The Morgan fingerprint density at radius 1 is 1.15 bits per heavy atom. The van der Waals surface area contributed by atoms with Crippen LogP contribution in [0, 0.1) is 5.92 Å². The molecule has 0 saturated carbocycles. The second-order valence-electron chi connectivity index (χ2n) is 8.23. The van der Waals surface area contributed by atoms with Crippen molar-refractivity contribution in [2.24, 2.45) is 5.92 Å². The zero-order valence-corrected chi connectivity index (χ0v) is 19.5. The van der Waals surface area contributed by atoms with Crippen molar-refractivity contribution in [2.75, 3.05) is 6.54 Å². The van der Waals surface area contributed by atoms with E-state index in [0.29, 0.717) is 23.7 Å². The third-order valence-electron chi connectivity index (χ3n) is 5.33. The van der Waals surface area contributed by atoms with Gasteiger partial charge in [-0.05, 0) is 48.1 Å². The van der Waals surface area contributed by atoms with Gasteiger partial charge < -0.3 is 14.6 Å². The van der Waals surface area contributed by atoms with Gasteiger partial charge in [-0.1, -0.05) is 37.3 Å². The van der Waals surface area contributed by atoms with E-state index in [4.69, 9.17) is 4.42 Å². The van der Waals surface area contributed by atoms with Gasteiger partial charge in [0, 0.05) is 11.4 Å². The number of hydrogen-bond acceptors (Lipinski definition) is 6. The molecule has 0 aliphatic carbocycles. The Hall–Kier alpha value is -3.46. The van der Waals surface area contributed by atoms with Crippen LogP contribution in [0.1, 0.15) is 36.9 Å². The predicted octanol–water partition coefficient (Wildman–Crippen LogP) is 4.02. The van der Waals surface area contributed by atoms with Crippen molar-refractivity contribution < 1.29 is 14.0 Å². The van der Waals surface area contributed by atoms with Crippen LogP contribution in [0.3, 0.4) is 0 Å². The van der Waals surface area contributed by atoms with Gasteiger partial charge in [0.1, 0.15) is 23.9 Å². The van der Waals surface area contributed by atoms with Crippen LogP contribution >= 0.6 is 11.3 Å². The fraction of sp³-hybridized carbons (Fsp3) is 0.333. The van der Waals surface area contributed by atoms with Gasteiger partial charge in [0.15, 0.2) is 0 Å². The molecule has 0 aliphatic rings. The van der Waals surface area contributed by atoms with Gasteiger partial charge in [0.2, 0.25) is 11.8 Å². The van der Waals surface area contributed by atoms with E-state index in [9.17, 15) is 9.59 Å². The topological polar surface area (TPSA) is 93.3 Å². The van der Waals surface area contributed by atoms with Gasteiger partial charge >= 0.3 is 0 Å². The molecule has 2 amide bonds. The summed E-state index contributed by atoms with van der Waals surface area (Å²) in [6.07, 6.45) is 2.42. The van der Waals surface area contributed by atoms with Crippen LogP contribution in [0.15, 0.2) is 64.6 Å². The number of aromatic nitrogens is 3. The first kappa shape index (κ1) is 22.7. The number of nitrogens with zero attached hydrogens (tertiary/aromatic N) is 4.